The van der Waals surface area contributed by atoms with Crippen molar-refractivity contribution in [1.29, 1.82) is 0 Å². The maximum absolute atomic E-state index is 12.5. The number of rotatable bonds is 21. The van der Waals surface area contributed by atoms with E-state index in [2.05, 4.69) is 27.7 Å². The molecule has 0 fully saturated rings. The fourth-order valence-corrected chi connectivity index (χ4v) is 3.95. The molecule has 2 unspecified atom stereocenters. The van der Waals surface area contributed by atoms with Crippen molar-refractivity contribution < 1.29 is 9.53 Å². The Kier molecular flexibility index (Phi) is 20.8. The lowest BCUT2D eigenvalue weighted by molar-refractivity contribution is -0.150. The van der Waals surface area contributed by atoms with Crippen LogP contribution in [0.1, 0.15) is 143 Å². The van der Waals surface area contributed by atoms with Gasteiger partial charge in [0.05, 0.1) is 12.5 Å². The van der Waals surface area contributed by atoms with Crippen molar-refractivity contribution in [3.63, 3.8) is 0 Å². The van der Waals surface area contributed by atoms with Gasteiger partial charge in [0.15, 0.2) is 0 Å². The third kappa shape index (κ3) is 16.4. The molecular weight excluding hydrogens is 344 g/mol. The van der Waals surface area contributed by atoms with Gasteiger partial charge in [-0.3, -0.25) is 4.79 Å². The average molecular weight is 397 g/mol. The van der Waals surface area contributed by atoms with Crippen molar-refractivity contribution in [3.8, 4) is 0 Å². The van der Waals surface area contributed by atoms with Crippen molar-refractivity contribution in [1.82, 2.24) is 0 Å². The summed E-state index contributed by atoms with van der Waals surface area (Å²) in [6.45, 7) is 9.52. The smallest absolute Gasteiger partial charge is 0.308 e. The molecule has 0 saturated heterocycles. The molecule has 0 spiro atoms. The quantitative estimate of drug-likeness (QED) is 0.143. The molecule has 0 aliphatic rings. The minimum absolute atomic E-state index is 0.0619. The molecule has 0 aliphatic carbocycles. The van der Waals surface area contributed by atoms with Gasteiger partial charge in [-0.05, 0) is 25.2 Å². The third-order valence-electron chi connectivity index (χ3n) is 6.24. The van der Waals surface area contributed by atoms with Crippen LogP contribution in [0.4, 0.5) is 0 Å². The third-order valence-corrected chi connectivity index (χ3v) is 6.24. The molecule has 28 heavy (non-hydrogen) atoms. The van der Waals surface area contributed by atoms with Crippen LogP contribution in [-0.4, -0.2) is 12.6 Å². The lowest BCUT2D eigenvalue weighted by atomic mass is 9.97. The normalized spacial score (nSPS) is 13.4. The van der Waals surface area contributed by atoms with Gasteiger partial charge in [-0.25, -0.2) is 0 Å². The van der Waals surface area contributed by atoms with Gasteiger partial charge in [-0.15, -0.1) is 0 Å². The molecule has 2 nitrogen and oxygen atoms in total. The monoisotopic (exact) mass is 396 g/mol. The summed E-state index contributed by atoms with van der Waals surface area (Å²) >= 11 is 0. The molecular formula is C26H52O2. The number of hydrogen-bond acceptors (Lipinski definition) is 2. The van der Waals surface area contributed by atoms with E-state index in [0.717, 1.165) is 19.3 Å². The summed E-state index contributed by atoms with van der Waals surface area (Å²) in [6.07, 6.45) is 22.9. The largest absolute Gasteiger partial charge is 0.465 e. The zero-order valence-corrected chi connectivity index (χ0v) is 19.9. The van der Waals surface area contributed by atoms with E-state index in [1.807, 2.05) is 0 Å². The Morgan fingerprint density at radius 1 is 0.607 bits per heavy atom. The van der Waals surface area contributed by atoms with Crippen LogP contribution in [0.25, 0.3) is 0 Å². The van der Waals surface area contributed by atoms with Gasteiger partial charge in [-0.2, -0.15) is 0 Å². The van der Waals surface area contributed by atoms with E-state index in [-0.39, 0.29) is 11.9 Å². The van der Waals surface area contributed by atoms with E-state index in [4.69, 9.17) is 4.74 Å². The summed E-state index contributed by atoms with van der Waals surface area (Å²) in [7, 11) is 0. The Labute approximate surface area is 177 Å². The average Bonchev–Trinajstić information content (AvgIpc) is 2.71. The van der Waals surface area contributed by atoms with Crippen LogP contribution in [0, 0.1) is 11.8 Å². The second-order valence-electron chi connectivity index (χ2n) is 8.83. The second kappa shape index (κ2) is 21.2. The van der Waals surface area contributed by atoms with Crippen molar-refractivity contribution in [2.45, 2.75) is 143 Å². The SMILES string of the molecule is CCCCCCCCCCC(CC)C(=O)OCC(CC)CCCCCCCC. The van der Waals surface area contributed by atoms with Gasteiger partial charge >= 0.3 is 5.97 Å². The molecule has 0 aromatic rings. The van der Waals surface area contributed by atoms with E-state index >= 15 is 0 Å². The van der Waals surface area contributed by atoms with Crippen LogP contribution in [0.15, 0.2) is 0 Å². The number of esters is 1. The number of hydrogen-bond donors (Lipinski definition) is 0. The summed E-state index contributed by atoms with van der Waals surface area (Å²) in [6, 6.07) is 0. The highest BCUT2D eigenvalue weighted by atomic mass is 16.5. The van der Waals surface area contributed by atoms with E-state index in [9.17, 15) is 4.79 Å². The molecule has 0 aromatic carbocycles. The molecule has 0 aromatic heterocycles. The van der Waals surface area contributed by atoms with Crippen molar-refractivity contribution in [3.05, 3.63) is 0 Å². The van der Waals surface area contributed by atoms with Crippen LogP contribution >= 0.6 is 0 Å². The zero-order valence-electron chi connectivity index (χ0n) is 19.9. The minimum Gasteiger partial charge on any atom is -0.465 e. The highest BCUT2D eigenvalue weighted by molar-refractivity contribution is 5.72. The van der Waals surface area contributed by atoms with E-state index in [0.29, 0.717) is 12.5 Å². The van der Waals surface area contributed by atoms with Gasteiger partial charge in [0.2, 0.25) is 0 Å². The molecule has 0 saturated carbocycles. The molecule has 0 N–H and O–H groups in total. The number of unbranched alkanes of at least 4 members (excludes halogenated alkanes) is 12. The Morgan fingerprint density at radius 2 is 1.07 bits per heavy atom. The Morgan fingerprint density at radius 3 is 1.54 bits per heavy atom. The van der Waals surface area contributed by atoms with Crippen LogP contribution < -0.4 is 0 Å². The van der Waals surface area contributed by atoms with Crippen molar-refractivity contribution in [2.24, 2.45) is 11.8 Å². The standard InChI is InChI=1S/C26H52O2/c1-5-9-11-13-15-16-18-20-22-25(8-4)26(27)28-23-24(7-3)21-19-17-14-12-10-6-2/h24-25H,5-23H2,1-4H3. The predicted octanol–water partition coefficient (Wildman–Crippen LogP) is 8.86. The fourth-order valence-electron chi connectivity index (χ4n) is 3.95. The van der Waals surface area contributed by atoms with Gasteiger partial charge in [0, 0.05) is 0 Å². The van der Waals surface area contributed by atoms with Crippen LogP contribution in [0.2, 0.25) is 0 Å². The summed E-state index contributed by atoms with van der Waals surface area (Å²) in [5, 5.41) is 0. The first-order valence-corrected chi connectivity index (χ1v) is 12.9. The first-order valence-electron chi connectivity index (χ1n) is 12.9. The molecule has 0 aliphatic heterocycles. The number of carbonyl (C=O) groups excluding carboxylic acids is 1. The maximum Gasteiger partial charge on any atom is 0.308 e. The Bertz CT molecular complexity index is 326. The van der Waals surface area contributed by atoms with Crippen molar-refractivity contribution in [2.75, 3.05) is 6.61 Å². The van der Waals surface area contributed by atoms with Crippen molar-refractivity contribution >= 4 is 5.97 Å². The van der Waals surface area contributed by atoms with Gasteiger partial charge < -0.3 is 4.74 Å². The molecule has 2 atom stereocenters. The van der Waals surface area contributed by atoms with Gasteiger partial charge in [0.25, 0.3) is 0 Å². The van der Waals surface area contributed by atoms with Crippen LogP contribution in [0.3, 0.4) is 0 Å². The zero-order chi connectivity index (χ0) is 20.9. The molecule has 0 amide bonds. The lowest BCUT2D eigenvalue weighted by Crippen LogP contribution is -2.21. The topological polar surface area (TPSA) is 26.3 Å². The molecule has 0 radical (unpaired) electrons. The Hall–Kier alpha value is -0.530. The summed E-state index contributed by atoms with van der Waals surface area (Å²) in [5.74, 6) is 0.731. The molecule has 168 valence electrons. The number of ether oxygens (including phenoxy) is 1. The number of carbonyl (C=O) groups is 1. The van der Waals surface area contributed by atoms with E-state index < -0.39 is 0 Å². The first-order chi connectivity index (χ1) is 13.7. The molecule has 0 heterocycles. The Balaban J connectivity index is 3.82. The lowest BCUT2D eigenvalue weighted by Gasteiger charge is -2.18. The van der Waals surface area contributed by atoms with E-state index in [1.165, 1.54) is 96.3 Å². The predicted molar refractivity (Wildman–Crippen MR) is 124 cm³/mol. The summed E-state index contributed by atoms with van der Waals surface area (Å²) in [4.78, 5) is 12.5. The van der Waals surface area contributed by atoms with Crippen LogP contribution in [0.5, 0.6) is 0 Å². The molecule has 2 heteroatoms. The second-order valence-corrected chi connectivity index (χ2v) is 8.83. The van der Waals surface area contributed by atoms with Gasteiger partial charge in [0.1, 0.15) is 0 Å². The van der Waals surface area contributed by atoms with E-state index in [1.54, 1.807) is 0 Å². The minimum atomic E-state index is 0.0619. The fraction of sp³-hybridized carbons (Fsp3) is 0.962. The van der Waals surface area contributed by atoms with Gasteiger partial charge in [-0.1, -0.05) is 124 Å². The van der Waals surface area contributed by atoms with Crippen LogP contribution in [-0.2, 0) is 9.53 Å². The summed E-state index contributed by atoms with van der Waals surface area (Å²) in [5.41, 5.74) is 0. The maximum atomic E-state index is 12.5. The highest BCUT2D eigenvalue weighted by Gasteiger charge is 2.19. The summed E-state index contributed by atoms with van der Waals surface area (Å²) < 4.78 is 5.73. The molecule has 0 bridgehead atoms. The highest BCUT2D eigenvalue weighted by Crippen LogP contribution is 2.20. The first kappa shape index (κ1) is 27.5. The molecule has 0 rings (SSSR count).